The first kappa shape index (κ1) is 12.1. The van der Waals surface area contributed by atoms with Crippen LogP contribution in [0.1, 0.15) is 19.9 Å². The molecule has 0 aliphatic heterocycles. The molecule has 2 heterocycles. The second-order valence-electron chi connectivity index (χ2n) is 4.69. The fourth-order valence-corrected chi connectivity index (χ4v) is 2.58. The lowest BCUT2D eigenvalue weighted by Gasteiger charge is -2.00. The first-order valence-corrected chi connectivity index (χ1v) is 7.25. The largest absolute Gasteiger partial charge is 0.181 e. The van der Waals surface area contributed by atoms with Gasteiger partial charge in [-0.3, -0.25) is 0 Å². The van der Waals surface area contributed by atoms with Crippen LogP contribution in [0.3, 0.4) is 0 Å². The molecule has 0 saturated heterocycles. The zero-order valence-corrected chi connectivity index (χ0v) is 11.8. The van der Waals surface area contributed by atoms with Gasteiger partial charge in [-0.1, -0.05) is 30.3 Å². The van der Waals surface area contributed by atoms with Crippen molar-refractivity contribution in [1.82, 2.24) is 15.0 Å². The van der Waals surface area contributed by atoms with E-state index in [-0.39, 0.29) is 6.04 Å². The van der Waals surface area contributed by atoms with E-state index in [9.17, 15) is 0 Å². The quantitative estimate of drug-likeness (QED) is 0.711. The molecule has 0 atom stereocenters. The van der Waals surface area contributed by atoms with Gasteiger partial charge in [0.25, 0.3) is 0 Å². The van der Waals surface area contributed by atoms with Crippen LogP contribution in [0, 0.1) is 0 Å². The van der Waals surface area contributed by atoms with E-state index in [1.54, 1.807) is 16.1 Å². The van der Waals surface area contributed by atoms with E-state index in [4.69, 9.17) is 0 Å². The predicted molar refractivity (Wildman–Crippen MR) is 79.2 cm³/mol. The lowest BCUT2D eigenvalue weighted by Crippen LogP contribution is -2.04. The van der Waals surface area contributed by atoms with Gasteiger partial charge in [0.15, 0.2) is 0 Å². The highest BCUT2D eigenvalue weighted by Gasteiger charge is 2.16. The molecule has 0 fully saturated rings. The molecule has 3 rings (SSSR count). The van der Waals surface area contributed by atoms with Gasteiger partial charge in [-0.15, -0.1) is 0 Å². The molecule has 96 valence electrons. The maximum Gasteiger partial charge on any atom is 0.121 e. The molecule has 0 aliphatic carbocycles. The number of hydrogen-bond donors (Lipinski definition) is 0. The molecule has 0 N–H and O–H groups in total. The Morgan fingerprint density at radius 1 is 0.947 bits per heavy atom. The number of hydrogen-bond acceptors (Lipinski definition) is 3. The first-order chi connectivity index (χ1) is 9.25. The van der Waals surface area contributed by atoms with Crippen molar-refractivity contribution in [2.24, 2.45) is 0 Å². The normalized spacial score (nSPS) is 11.1. The lowest BCUT2D eigenvalue weighted by molar-refractivity contribution is 0.468. The number of thiophene rings is 1. The molecule has 0 radical (unpaired) electrons. The van der Waals surface area contributed by atoms with E-state index in [0.29, 0.717) is 0 Å². The highest BCUT2D eigenvalue weighted by molar-refractivity contribution is 7.08. The molecule has 2 aromatic heterocycles. The summed E-state index contributed by atoms with van der Waals surface area (Å²) in [6.07, 6.45) is 0. The molecule has 19 heavy (non-hydrogen) atoms. The molecule has 0 bridgehead atoms. The number of aromatic nitrogens is 3. The second kappa shape index (κ2) is 4.97. The van der Waals surface area contributed by atoms with Gasteiger partial charge in [0.1, 0.15) is 11.4 Å². The van der Waals surface area contributed by atoms with Crippen LogP contribution in [-0.2, 0) is 0 Å². The van der Waals surface area contributed by atoms with Crippen LogP contribution in [-0.4, -0.2) is 15.0 Å². The van der Waals surface area contributed by atoms with Crippen LogP contribution in [0.15, 0.2) is 47.2 Å². The van der Waals surface area contributed by atoms with Gasteiger partial charge >= 0.3 is 0 Å². The Morgan fingerprint density at radius 3 is 2.21 bits per heavy atom. The molecule has 0 spiro atoms. The smallest absolute Gasteiger partial charge is 0.121 e. The van der Waals surface area contributed by atoms with Gasteiger partial charge in [-0.05, 0) is 25.3 Å². The summed E-state index contributed by atoms with van der Waals surface area (Å²) in [5.41, 5.74) is 4.15. The van der Waals surface area contributed by atoms with E-state index in [0.717, 1.165) is 22.5 Å². The van der Waals surface area contributed by atoms with Crippen molar-refractivity contribution >= 4 is 11.3 Å². The standard InChI is InChI=1S/C15H15N3S/c1-11(2)18-16-14(12-6-4-3-5-7-12)15(17-18)13-8-9-19-10-13/h3-11H,1-2H3. The summed E-state index contributed by atoms with van der Waals surface area (Å²) in [5.74, 6) is 0. The highest BCUT2D eigenvalue weighted by atomic mass is 32.1. The molecule has 1 aromatic carbocycles. The van der Waals surface area contributed by atoms with Gasteiger partial charge in [0.05, 0.1) is 6.04 Å². The first-order valence-electron chi connectivity index (χ1n) is 6.30. The summed E-state index contributed by atoms with van der Waals surface area (Å²) >= 11 is 1.68. The van der Waals surface area contributed by atoms with Gasteiger partial charge in [-0.2, -0.15) is 26.3 Å². The summed E-state index contributed by atoms with van der Waals surface area (Å²) in [4.78, 5) is 1.79. The topological polar surface area (TPSA) is 30.7 Å². The van der Waals surface area contributed by atoms with Crippen LogP contribution in [0.5, 0.6) is 0 Å². The molecule has 3 nitrogen and oxygen atoms in total. The Labute approximate surface area is 116 Å². The molecule has 3 aromatic rings. The average molecular weight is 269 g/mol. The fraction of sp³-hybridized carbons (Fsp3) is 0.200. The fourth-order valence-electron chi connectivity index (χ4n) is 1.94. The van der Waals surface area contributed by atoms with Gasteiger partial charge in [-0.25, -0.2) is 0 Å². The minimum atomic E-state index is 0.259. The zero-order valence-electron chi connectivity index (χ0n) is 10.9. The summed E-state index contributed by atoms with van der Waals surface area (Å²) in [6, 6.07) is 12.6. The third-order valence-corrected chi connectivity index (χ3v) is 3.62. The predicted octanol–water partition coefficient (Wildman–Crippen LogP) is 4.25. The summed E-state index contributed by atoms with van der Waals surface area (Å²) in [5, 5.41) is 13.5. The van der Waals surface area contributed by atoms with Crippen LogP contribution in [0.4, 0.5) is 0 Å². The van der Waals surface area contributed by atoms with Crippen LogP contribution >= 0.6 is 11.3 Å². The molecule has 0 unspecified atom stereocenters. The van der Waals surface area contributed by atoms with E-state index < -0.39 is 0 Å². The Morgan fingerprint density at radius 2 is 1.63 bits per heavy atom. The Kier molecular flexibility index (Phi) is 3.17. The van der Waals surface area contributed by atoms with Crippen LogP contribution in [0.2, 0.25) is 0 Å². The number of rotatable bonds is 3. The molecule has 0 saturated carbocycles. The monoisotopic (exact) mass is 269 g/mol. The molecule has 0 amide bonds. The maximum absolute atomic E-state index is 4.65. The van der Waals surface area contributed by atoms with E-state index in [1.807, 2.05) is 18.2 Å². The van der Waals surface area contributed by atoms with Crippen molar-refractivity contribution in [1.29, 1.82) is 0 Å². The van der Waals surface area contributed by atoms with E-state index in [2.05, 4.69) is 53.0 Å². The van der Waals surface area contributed by atoms with Crippen LogP contribution < -0.4 is 0 Å². The molecule has 4 heteroatoms. The van der Waals surface area contributed by atoms with E-state index >= 15 is 0 Å². The van der Waals surface area contributed by atoms with Crippen molar-refractivity contribution in [3.63, 3.8) is 0 Å². The third kappa shape index (κ3) is 2.31. The summed E-state index contributed by atoms with van der Waals surface area (Å²) in [7, 11) is 0. The molecule has 0 aliphatic rings. The Balaban J connectivity index is 2.17. The van der Waals surface area contributed by atoms with Crippen molar-refractivity contribution in [2.75, 3.05) is 0 Å². The third-order valence-electron chi connectivity index (χ3n) is 2.93. The number of benzene rings is 1. The molecular weight excluding hydrogens is 254 g/mol. The van der Waals surface area contributed by atoms with Crippen molar-refractivity contribution < 1.29 is 0 Å². The van der Waals surface area contributed by atoms with Crippen molar-refractivity contribution in [3.8, 4) is 22.5 Å². The van der Waals surface area contributed by atoms with Crippen LogP contribution in [0.25, 0.3) is 22.5 Å². The Hall–Kier alpha value is -1.94. The van der Waals surface area contributed by atoms with Gasteiger partial charge in [0, 0.05) is 16.5 Å². The average Bonchev–Trinajstić information content (AvgIpc) is 3.08. The minimum absolute atomic E-state index is 0.259. The number of nitrogens with zero attached hydrogens (tertiary/aromatic N) is 3. The van der Waals surface area contributed by atoms with Crippen molar-refractivity contribution in [2.45, 2.75) is 19.9 Å². The van der Waals surface area contributed by atoms with Gasteiger partial charge < -0.3 is 0 Å². The summed E-state index contributed by atoms with van der Waals surface area (Å²) < 4.78 is 0. The summed E-state index contributed by atoms with van der Waals surface area (Å²) in [6.45, 7) is 4.18. The lowest BCUT2D eigenvalue weighted by atomic mass is 10.1. The maximum atomic E-state index is 4.65. The highest BCUT2D eigenvalue weighted by Crippen LogP contribution is 2.30. The van der Waals surface area contributed by atoms with E-state index in [1.165, 1.54) is 0 Å². The van der Waals surface area contributed by atoms with Gasteiger partial charge in [0.2, 0.25) is 0 Å². The molecular formula is C15H15N3S. The van der Waals surface area contributed by atoms with Crippen molar-refractivity contribution in [3.05, 3.63) is 47.2 Å². The minimum Gasteiger partial charge on any atom is -0.181 e. The SMILES string of the molecule is CC(C)n1nc(-c2ccccc2)c(-c2ccsc2)n1. The zero-order chi connectivity index (χ0) is 13.2. The Bertz CT molecular complexity index is 654. The second-order valence-corrected chi connectivity index (χ2v) is 5.47.